The van der Waals surface area contributed by atoms with Crippen LogP contribution in [-0.4, -0.2) is 50.3 Å². The molecule has 0 spiro atoms. The first-order valence-electron chi connectivity index (χ1n) is 8.11. The van der Waals surface area contributed by atoms with E-state index < -0.39 is 25.5 Å². The molecule has 1 heterocycles. The third-order valence-electron chi connectivity index (χ3n) is 4.24. The molecule has 2 radical (unpaired) electrons. The van der Waals surface area contributed by atoms with Crippen LogP contribution in [0.2, 0.25) is 0 Å². The van der Waals surface area contributed by atoms with E-state index in [0.29, 0.717) is 26.1 Å². The summed E-state index contributed by atoms with van der Waals surface area (Å²) in [6.45, 7) is 5.00. The molecule has 2 aliphatic rings. The molecule has 8 heteroatoms. The van der Waals surface area contributed by atoms with Gasteiger partial charge >= 0.3 is 7.82 Å². The van der Waals surface area contributed by atoms with Crippen molar-refractivity contribution in [2.24, 2.45) is 5.92 Å². The summed E-state index contributed by atoms with van der Waals surface area (Å²) < 4.78 is 34.1. The molecule has 2 bridgehead atoms. The third kappa shape index (κ3) is 4.13. The Morgan fingerprint density at radius 3 is 2.77 bits per heavy atom. The fraction of sp³-hybridized carbons (Fsp3) is 1.00. The zero-order valence-electron chi connectivity index (χ0n) is 13.4. The zero-order chi connectivity index (χ0) is 16.2. The highest BCUT2D eigenvalue weighted by atomic mass is 31.2. The highest BCUT2D eigenvalue weighted by Gasteiger charge is 2.58. The second-order valence-corrected chi connectivity index (χ2v) is 7.49. The van der Waals surface area contributed by atoms with Crippen LogP contribution in [-0.2, 0) is 23.1 Å². The average Bonchev–Trinajstić information content (AvgIpc) is 2.60. The van der Waals surface area contributed by atoms with Crippen LogP contribution in [0.1, 0.15) is 46.0 Å². The first-order chi connectivity index (χ1) is 10.4. The molecule has 4 unspecified atom stereocenters. The SMILES string of the molecule is [B]C1O[C@@]2(COCCC)CCCC1C2OP(=O)(O)OCCC. The van der Waals surface area contributed by atoms with Crippen LogP contribution in [0.5, 0.6) is 0 Å². The number of hydrogen-bond donors (Lipinski definition) is 1. The van der Waals surface area contributed by atoms with Gasteiger partial charge in [0.2, 0.25) is 0 Å². The van der Waals surface area contributed by atoms with E-state index >= 15 is 0 Å². The van der Waals surface area contributed by atoms with E-state index in [-0.39, 0.29) is 12.5 Å². The summed E-state index contributed by atoms with van der Waals surface area (Å²) in [5, 5.41) is 0. The molecule has 0 amide bonds. The molecule has 1 aliphatic carbocycles. The van der Waals surface area contributed by atoms with E-state index in [1.165, 1.54) is 0 Å². The summed E-state index contributed by atoms with van der Waals surface area (Å²) in [4.78, 5) is 9.91. The highest BCUT2D eigenvalue weighted by Crippen LogP contribution is 2.54. The summed E-state index contributed by atoms with van der Waals surface area (Å²) in [6, 6.07) is -0.496. The minimum Gasteiger partial charge on any atom is -0.378 e. The molecule has 0 aromatic carbocycles. The summed E-state index contributed by atoms with van der Waals surface area (Å²) in [5.41, 5.74) is -0.745. The van der Waals surface area contributed by atoms with Gasteiger partial charge in [0.15, 0.2) is 0 Å². The summed E-state index contributed by atoms with van der Waals surface area (Å²) >= 11 is 0. The van der Waals surface area contributed by atoms with Crippen molar-refractivity contribution in [3.05, 3.63) is 0 Å². The van der Waals surface area contributed by atoms with Crippen LogP contribution in [0.15, 0.2) is 0 Å². The fourth-order valence-electron chi connectivity index (χ4n) is 3.27. The first-order valence-corrected chi connectivity index (χ1v) is 9.60. The molecule has 1 saturated heterocycles. The molecule has 22 heavy (non-hydrogen) atoms. The second kappa shape index (κ2) is 7.78. The van der Waals surface area contributed by atoms with Gasteiger partial charge in [-0.3, -0.25) is 9.05 Å². The lowest BCUT2D eigenvalue weighted by atomic mass is 9.73. The molecule has 1 aliphatic heterocycles. The van der Waals surface area contributed by atoms with Gasteiger partial charge < -0.3 is 14.4 Å². The lowest BCUT2D eigenvalue weighted by Crippen LogP contribution is -2.49. The van der Waals surface area contributed by atoms with E-state index in [1.54, 1.807) is 0 Å². The zero-order valence-corrected chi connectivity index (χ0v) is 14.3. The number of hydrogen-bond acceptors (Lipinski definition) is 5. The minimum absolute atomic E-state index is 0.107. The predicted octanol–water partition coefficient (Wildman–Crippen LogP) is 2.39. The first kappa shape index (κ1) is 18.4. The van der Waals surface area contributed by atoms with Crippen molar-refractivity contribution in [1.82, 2.24) is 0 Å². The molecular weight excluding hydrogens is 306 g/mol. The number of ether oxygens (including phenoxy) is 2. The van der Waals surface area contributed by atoms with Crippen molar-refractivity contribution in [3.8, 4) is 0 Å². The Hall–Kier alpha value is 0.0949. The van der Waals surface area contributed by atoms with E-state index in [2.05, 4.69) is 0 Å². The Morgan fingerprint density at radius 1 is 1.36 bits per heavy atom. The molecule has 1 N–H and O–H groups in total. The minimum atomic E-state index is -4.11. The van der Waals surface area contributed by atoms with Crippen molar-refractivity contribution < 1.29 is 28.0 Å². The van der Waals surface area contributed by atoms with Gasteiger partial charge in [-0.15, -0.1) is 0 Å². The maximum Gasteiger partial charge on any atom is 0.472 e. The van der Waals surface area contributed by atoms with E-state index in [4.69, 9.17) is 26.4 Å². The van der Waals surface area contributed by atoms with Gasteiger partial charge in [0.05, 0.1) is 13.2 Å². The average molecular weight is 332 g/mol. The van der Waals surface area contributed by atoms with Gasteiger partial charge in [0.1, 0.15) is 19.6 Å². The van der Waals surface area contributed by atoms with Gasteiger partial charge in [-0.05, 0) is 32.1 Å². The van der Waals surface area contributed by atoms with Crippen LogP contribution < -0.4 is 0 Å². The van der Waals surface area contributed by atoms with Gasteiger partial charge in [-0.2, -0.15) is 0 Å². The predicted molar refractivity (Wildman–Crippen MR) is 82.8 cm³/mol. The van der Waals surface area contributed by atoms with Gasteiger partial charge in [0, 0.05) is 18.5 Å². The Morgan fingerprint density at radius 2 is 2.09 bits per heavy atom. The smallest absolute Gasteiger partial charge is 0.378 e. The molecule has 5 atom stereocenters. The van der Waals surface area contributed by atoms with Crippen LogP contribution >= 0.6 is 7.82 Å². The summed E-state index contributed by atoms with van der Waals surface area (Å²) in [5.74, 6) is -0.107. The van der Waals surface area contributed by atoms with Crippen molar-refractivity contribution >= 4 is 15.7 Å². The molecule has 0 aromatic heterocycles. The standard InChI is InChI=1S/C14H26BO6P/c1-3-8-18-10-14-7-5-6-11(13(15)20-14)12(14)21-22(16,17)19-9-4-2/h11-13H,3-10H2,1-2H3,(H,16,17)/t11?,12?,13?,14-/m1/s1. The second-order valence-electron chi connectivity index (χ2n) is 6.08. The largest absolute Gasteiger partial charge is 0.472 e. The Bertz CT molecular complexity index is 409. The Balaban J connectivity index is 2.09. The van der Waals surface area contributed by atoms with Crippen molar-refractivity contribution in [2.75, 3.05) is 19.8 Å². The number of phosphoric ester groups is 1. The lowest BCUT2D eigenvalue weighted by molar-refractivity contribution is -0.122. The maximum absolute atomic E-state index is 12.1. The highest BCUT2D eigenvalue weighted by molar-refractivity contribution is 7.47. The van der Waals surface area contributed by atoms with Crippen molar-refractivity contribution in [1.29, 1.82) is 0 Å². The van der Waals surface area contributed by atoms with Gasteiger partial charge in [-0.25, -0.2) is 4.57 Å². The normalized spacial score (nSPS) is 37.1. The topological polar surface area (TPSA) is 74.2 Å². The molecule has 2 fully saturated rings. The van der Waals surface area contributed by atoms with E-state index in [0.717, 1.165) is 19.3 Å². The van der Waals surface area contributed by atoms with Crippen LogP contribution in [0.25, 0.3) is 0 Å². The summed E-state index contributed by atoms with van der Waals surface area (Å²) in [6.07, 6.45) is 3.44. The van der Waals surface area contributed by atoms with E-state index in [9.17, 15) is 9.46 Å². The number of rotatable bonds is 9. The molecular formula is C14H26BO6P. The van der Waals surface area contributed by atoms with Crippen molar-refractivity contribution in [2.45, 2.75) is 63.7 Å². The summed E-state index contributed by atoms with van der Waals surface area (Å²) in [7, 11) is 1.94. The molecule has 2 rings (SSSR count). The Labute approximate surface area is 133 Å². The molecule has 1 saturated carbocycles. The molecule has 0 aromatic rings. The van der Waals surface area contributed by atoms with Gasteiger partial charge in [-0.1, -0.05) is 13.8 Å². The fourth-order valence-corrected chi connectivity index (χ4v) is 4.38. The quantitative estimate of drug-likeness (QED) is 0.397. The third-order valence-corrected chi connectivity index (χ3v) is 5.24. The van der Waals surface area contributed by atoms with Crippen molar-refractivity contribution in [3.63, 3.8) is 0 Å². The molecule has 6 nitrogen and oxygen atoms in total. The van der Waals surface area contributed by atoms with Crippen LogP contribution in [0.4, 0.5) is 0 Å². The maximum atomic E-state index is 12.1. The van der Waals surface area contributed by atoms with Crippen LogP contribution in [0.3, 0.4) is 0 Å². The van der Waals surface area contributed by atoms with Gasteiger partial charge in [0.25, 0.3) is 0 Å². The number of phosphoric acid groups is 1. The Kier molecular flexibility index (Phi) is 6.52. The lowest BCUT2D eigenvalue weighted by Gasteiger charge is -2.39. The van der Waals surface area contributed by atoms with E-state index in [1.807, 2.05) is 13.8 Å². The molecule has 126 valence electrons. The monoisotopic (exact) mass is 332 g/mol. The van der Waals surface area contributed by atoms with Crippen LogP contribution in [0, 0.1) is 5.92 Å². The number of fused-ring (bicyclic) bond motifs is 2.